The molecule has 3 aromatic heterocycles. The van der Waals surface area contributed by atoms with Crippen molar-refractivity contribution < 1.29 is 39.9 Å². The number of methoxy groups -OCH3 is 1. The summed E-state index contributed by atoms with van der Waals surface area (Å²) in [6, 6.07) is 7.23. The normalized spacial score (nSPS) is 14.3. The third-order valence-electron chi connectivity index (χ3n) is 6.54. The molecule has 11 nitrogen and oxygen atoms in total. The highest BCUT2D eigenvalue weighted by molar-refractivity contribution is 7.92. The number of carbonyl (C=O) groups is 1. The van der Waals surface area contributed by atoms with E-state index < -0.39 is 38.6 Å². The molecular weight excluding hydrogens is 613 g/mol. The molecule has 1 aliphatic heterocycles. The summed E-state index contributed by atoms with van der Waals surface area (Å²) in [4.78, 5) is 31.4. The monoisotopic (exact) mass is 635 g/mol. The minimum atomic E-state index is -4.74. The van der Waals surface area contributed by atoms with Crippen molar-refractivity contribution in [1.82, 2.24) is 24.8 Å². The number of halogens is 5. The summed E-state index contributed by atoms with van der Waals surface area (Å²) in [5, 5.41) is 0. The Morgan fingerprint density at radius 1 is 1.02 bits per heavy atom. The SMILES string of the molecule is COc1ncc(-c2ccc3ncnc(N4CCN(C(=O)/C=C/C(F)(F)F)CC4)c3n2)cc1NS(=O)(=O)c1c(F)cccc1F. The van der Waals surface area contributed by atoms with E-state index >= 15 is 0 Å². The van der Waals surface area contributed by atoms with Crippen molar-refractivity contribution in [3.63, 3.8) is 0 Å². The van der Waals surface area contributed by atoms with E-state index in [1.807, 2.05) is 4.90 Å². The zero-order valence-electron chi connectivity index (χ0n) is 22.7. The van der Waals surface area contributed by atoms with Crippen molar-refractivity contribution in [2.24, 2.45) is 0 Å². The zero-order valence-corrected chi connectivity index (χ0v) is 23.5. The fraction of sp³-hybridized carbons (Fsp3) is 0.222. The average molecular weight is 636 g/mol. The predicted octanol–water partition coefficient (Wildman–Crippen LogP) is 3.94. The van der Waals surface area contributed by atoms with Crippen molar-refractivity contribution in [1.29, 1.82) is 0 Å². The van der Waals surface area contributed by atoms with Crippen LogP contribution in [0.2, 0.25) is 0 Å². The number of alkyl halides is 3. The standard InChI is InChI=1S/C27H22F5N7O4S/c1-43-26-21(37-44(41,42)24-17(28)3-2-4-18(24)29)13-16(14-33-26)19-5-6-20-23(36-19)25(35-15-34-20)39-11-9-38(10-12-39)22(40)7-8-27(30,31)32/h2-8,13-15,37H,9-12H2,1H3/b8-7+. The molecule has 230 valence electrons. The van der Waals surface area contributed by atoms with E-state index in [1.165, 1.54) is 30.6 Å². The lowest BCUT2D eigenvalue weighted by molar-refractivity contribution is -0.127. The van der Waals surface area contributed by atoms with Gasteiger partial charge < -0.3 is 14.5 Å². The molecule has 1 aromatic carbocycles. The van der Waals surface area contributed by atoms with Crippen molar-refractivity contribution in [3.8, 4) is 17.1 Å². The van der Waals surface area contributed by atoms with Gasteiger partial charge in [-0.25, -0.2) is 37.1 Å². The molecule has 4 heterocycles. The fourth-order valence-corrected chi connectivity index (χ4v) is 5.68. The lowest BCUT2D eigenvalue weighted by atomic mass is 10.1. The Morgan fingerprint density at radius 2 is 1.73 bits per heavy atom. The molecule has 4 aromatic rings. The van der Waals surface area contributed by atoms with Crippen molar-refractivity contribution in [3.05, 3.63) is 72.7 Å². The first-order valence-electron chi connectivity index (χ1n) is 12.8. The summed E-state index contributed by atoms with van der Waals surface area (Å²) in [6.07, 6.45) is -1.52. The van der Waals surface area contributed by atoms with E-state index in [0.29, 0.717) is 34.2 Å². The number of aromatic nitrogens is 4. The predicted molar refractivity (Wildman–Crippen MR) is 148 cm³/mol. The Labute approximate surface area is 247 Å². The number of ether oxygens (including phenoxy) is 1. The van der Waals surface area contributed by atoms with E-state index in [-0.39, 0.29) is 43.8 Å². The summed E-state index contributed by atoms with van der Waals surface area (Å²) < 4.78 is 98.9. The van der Waals surface area contributed by atoms with Gasteiger partial charge in [-0.2, -0.15) is 13.2 Å². The minimum absolute atomic E-state index is 0.103. The zero-order chi connectivity index (χ0) is 31.6. The smallest absolute Gasteiger partial charge is 0.409 e. The Hall–Kier alpha value is -4.93. The molecule has 1 amide bonds. The summed E-state index contributed by atoms with van der Waals surface area (Å²) in [5.41, 5.74) is 1.23. The molecule has 0 atom stereocenters. The molecule has 1 saturated heterocycles. The lowest BCUT2D eigenvalue weighted by Gasteiger charge is -2.35. The Bertz CT molecular complexity index is 1840. The van der Waals surface area contributed by atoms with Crippen LogP contribution in [-0.4, -0.2) is 78.6 Å². The van der Waals surface area contributed by atoms with E-state index in [9.17, 15) is 35.2 Å². The molecule has 0 saturated carbocycles. The minimum Gasteiger partial charge on any atom is -0.480 e. The molecular formula is C27H22F5N7O4S. The molecule has 0 radical (unpaired) electrons. The van der Waals surface area contributed by atoms with Gasteiger partial charge in [0.25, 0.3) is 10.0 Å². The van der Waals surface area contributed by atoms with Crippen LogP contribution in [0.25, 0.3) is 22.3 Å². The van der Waals surface area contributed by atoms with Crippen LogP contribution in [0.5, 0.6) is 5.88 Å². The number of pyridine rings is 2. The highest BCUT2D eigenvalue weighted by atomic mass is 32.2. The van der Waals surface area contributed by atoms with Crippen molar-refractivity contribution in [2.75, 3.05) is 42.9 Å². The van der Waals surface area contributed by atoms with Crippen LogP contribution in [-0.2, 0) is 14.8 Å². The van der Waals surface area contributed by atoms with Gasteiger partial charge in [-0.1, -0.05) is 6.07 Å². The van der Waals surface area contributed by atoms with E-state index in [2.05, 4.69) is 24.7 Å². The Balaban J connectivity index is 1.43. The fourth-order valence-electron chi connectivity index (χ4n) is 4.49. The number of hydrogen-bond acceptors (Lipinski definition) is 9. The highest BCUT2D eigenvalue weighted by Gasteiger charge is 2.27. The quantitative estimate of drug-likeness (QED) is 0.237. The topological polar surface area (TPSA) is 131 Å². The van der Waals surface area contributed by atoms with Gasteiger partial charge in [0.1, 0.15) is 29.2 Å². The molecule has 0 aliphatic carbocycles. The Morgan fingerprint density at radius 3 is 2.39 bits per heavy atom. The number of sulfonamides is 1. The summed E-state index contributed by atoms with van der Waals surface area (Å²) in [6.45, 7) is 0.792. The van der Waals surface area contributed by atoms with E-state index in [0.717, 1.165) is 18.2 Å². The number of nitrogens with one attached hydrogen (secondary N) is 1. The lowest BCUT2D eigenvalue weighted by Crippen LogP contribution is -2.48. The molecule has 0 unspecified atom stereocenters. The van der Waals surface area contributed by atoms with Crippen LogP contribution in [0.1, 0.15) is 0 Å². The molecule has 0 bridgehead atoms. The first-order chi connectivity index (χ1) is 20.9. The summed E-state index contributed by atoms with van der Waals surface area (Å²) >= 11 is 0. The number of fused-ring (bicyclic) bond motifs is 1. The molecule has 1 N–H and O–H groups in total. The molecule has 0 spiro atoms. The van der Waals surface area contributed by atoms with Gasteiger partial charge in [-0.3, -0.25) is 9.52 Å². The van der Waals surface area contributed by atoms with E-state index in [4.69, 9.17) is 4.74 Å². The molecule has 17 heteroatoms. The van der Waals surface area contributed by atoms with Gasteiger partial charge in [-0.15, -0.1) is 0 Å². The number of nitrogens with zero attached hydrogens (tertiary/aromatic N) is 6. The van der Waals surface area contributed by atoms with Crippen molar-refractivity contribution >= 4 is 38.5 Å². The van der Waals surface area contributed by atoms with Crippen LogP contribution in [0.4, 0.5) is 33.5 Å². The number of piperazine rings is 1. The maximum atomic E-state index is 14.3. The molecule has 1 aliphatic rings. The first-order valence-corrected chi connectivity index (χ1v) is 14.3. The number of hydrogen-bond donors (Lipinski definition) is 1. The van der Waals surface area contributed by atoms with Crippen molar-refractivity contribution in [2.45, 2.75) is 11.1 Å². The molecule has 5 rings (SSSR count). The summed E-state index contributed by atoms with van der Waals surface area (Å²) in [5.74, 6) is -3.09. The second kappa shape index (κ2) is 12.0. The molecule has 1 fully saturated rings. The summed E-state index contributed by atoms with van der Waals surface area (Å²) in [7, 11) is -3.50. The van der Waals surface area contributed by atoms with Gasteiger partial charge in [0.2, 0.25) is 11.8 Å². The number of anilines is 2. The largest absolute Gasteiger partial charge is 0.480 e. The van der Waals surface area contributed by atoms with E-state index in [1.54, 1.807) is 12.1 Å². The van der Waals surface area contributed by atoms with Crippen LogP contribution in [0, 0.1) is 11.6 Å². The third-order valence-corrected chi connectivity index (χ3v) is 7.96. The van der Waals surface area contributed by atoms with Gasteiger partial charge in [0.15, 0.2) is 10.7 Å². The first kappa shape index (κ1) is 30.5. The third kappa shape index (κ3) is 6.51. The van der Waals surface area contributed by atoms with Gasteiger partial charge in [0.05, 0.1) is 18.3 Å². The van der Waals surface area contributed by atoms with Gasteiger partial charge >= 0.3 is 6.18 Å². The van der Waals surface area contributed by atoms with Crippen LogP contribution < -0.4 is 14.4 Å². The maximum absolute atomic E-state index is 14.3. The number of amides is 1. The van der Waals surface area contributed by atoms with Crippen LogP contribution in [0.3, 0.4) is 0 Å². The number of rotatable bonds is 7. The molecule has 44 heavy (non-hydrogen) atoms. The number of benzene rings is 1. The highest BCUT2D eigenvalue weighted by Crippen LogP contribution is 2.32. The second-order valence-corrected chi connectivity index (χ2v) is 11.0. The van der Waals surface area contributed by atoms with Crippen LogP contribution >= 0.6 is 0 Å². The number of allylic oxidation sites excluding steroid dienone is 1. The van der Waals surface area contributed by atoms with Gasteiger partial charge in [0, 0.05) is 50.1 Å². The van der Waals surface area contributed by atoms with Crippen LogP contribution in [0.15, 0.2) is 66.0 Å². The Kier molecular flexibility index (Phi) is 8.31. The number of carbonyl (C=O) groups excluding carboxylic acids is 1. The van der Waals surface area contributed by atoms with Gasteiger partial charge in [-0.05, 0) is 30.3 Å². The average Bonchev–Trinajstić information content (AvgIpc) is 2.98. The second-order valence-electron chi connectivity index (χ2n) is 9.39. The maximum Gasteiger partial charge on any atom is 0.409 e.